The summed E-state index contributed by atoms with van der Waals surface area (Å²) in [7, 11) is 0. The van der Waals surface area contributed by atoms with E-state index in [0.29, 0.717) is 0 Å². The molecule has 1 rings (SSSR count). The molecule has 0 aliphatic rings. The third-order valence-corrected chi connectivity index (χ3v) is 1.30. The van der Waals surface area contributed by atoms with Gasteiger partial charge in [0.2, 0.25) is 11.8 Å². The maximum Gasteiger partial charge on any atom is 0.455 e. The average molecular weight is 224 g/mol. The molecule has 0 fully saturated rings. The van der Waals surface area contributed by atoms with E-state index in [0.717, 1.165) is 0 Å². The lowest BCUT2D eigenvalue weighted by molar-refractivity contribution is -0.146. The van der Waals surface area contributed by atoms with Crippen LogP contribution in [0.2, 0.25) is 0 Å². The number of carbonyl (C=O) groups is 1. The summed E-state index contributed by atoms with van der Waals surface area (Å²) in [5, 5.41) is 5.15. The van der Waals surface area contributed by atoms with E-state index in [1.807, 2.05) is 0 Å². The Kier molecular flexibility index (Phi) is 3.24. The number of aromatic nitrogens is 2. The van der Waals surface area contributed by atoms with Gasteiger partial charge >= 0.3 is 6.18 Å². The number of hydrogen-bond acceptors (Lipinski definition) is 5. The summed E-state index contributed by atoms with van der Waals surface area (Å²) in [6, 6.07) is 0. The molecule has 1 aromatic rings. The number of hydrogen-bond donors (Lipinski definition) is 2. The van der Waals surface area contributed by atoms with Crippen LogP contribution < -0.4 is 11.1 Å². The van der Waals surface area contributed by atoms with Crippen molar-refractivity contribution in [1.29, 1.82) is 0 Å². The van der Waals surface area contributed by atoms with E-state index in [-0.39, 0.29) is 19.0 Å². The van der Waals surface area contributed by atoms with Crippen LogP contribution in [0.5, 0.6) is 0 Å². The highest BCUT2D eigenvalue weighted by molar-refractivity contribution is 5.75. The molecule has 0 aromatic carbocycles. The van der Waals surface area contributed by atoms with Gasteiger partial charge in [-0.25, -0.2) is 0 Å². The molecule has 9 heteroatoms. The standard InChI is InChI=1S/C6H7F3N4O2/c7-6(8,9)5-12-4(15-13-5)2-11-1-3(10)14/h11H,1-2H2,(H2,10,14). The van der Waals surface area contributed by atoms with Crippen LogP contribution in [0, 0.1) is 0 Å². The highest BCUT2D eigenvalue weighted by Crippen LogP contribution is 2.25. The molecule has 0 aliphatic heterocycles. The van der Waals surface area contributed by atoms with Crippen LogP contribution in [-0.4, -0.2) is 22.6 Å². The monoisotopic (exact) mass is 224 g/mol. The van der Waals surface area contributed by atoms with Crippen LogP contribution in [0.15, 0.2) is 4.52 Å². The van der Waals surface area contributed by atoms with Gasteiger partial charge in [0.25, 0.3) is 5.82 Å². The molecule has 0 aliphatic carbocycles. The second kappa shape index (κ2) is 4.26. The minimum Gasteiger partial charge on any atom is -0.369 e. The topological polar surface area (TPSA) is 94.0 Å². The molecule has 84 valence electrons. The average Bonchev–Trinajstić information content (AvgIpc) is 2.51. The maximum atomic E-state index is 12.0. The summed E-state index contributed by atoms with van der Waals surface area (Å²) >= 11 is 0. The van der Waals surface area contributed by atoms with Crippen molar-refractivity contribution in [3.8, 4) is 0 Å². The van der Waals surface area contributed by atoms with Gasteiger partial charge in [0.1, 0.15) is 0 Å². The SMILES string of the molecule is NC(=O)CNCc1nc(C(F)(F)F)no1. The molecule has 0 atom stereocenters. The van der Waals surface area contributed by atoms with Crippen molar-refractivity contribution in [1.82, 2.24) is 15.5 Å². The highest BCUT2D eigenvalue weighted by Gasteiger charge is 2.37. The molecule has 0 saturated heterocycles. The number of nitrogens with two attached hydrogens (primary N) is 1. The lowest BCUT2D eigenvalue weighted by Crippen LogP contribution is -2.28. The van der Waals surface area contributed by atoms with E-state index in [1.165, 1.54) is 0 Å². The molecule has 3 N–H and O–H groups in total. The van der Waals surface area contributed by atoms with Crippen molar-refractivity contribution in [3.63, 3.8) is 0 Å². The van der Waals surface area contributed by atoms with Crippen LogP contribution >= 0.6 is 0 Å². The minimum atomic E-state index is -4.63. The van der Waals surface area contributed by atoms with Crippen molar-refractivity contribution in [2.24, 2.45) is 5.73 Å². The summed E-state index contributed by atoms with van der Waals surface area (Å²) in [5.41, 5.74) is 4.78. The second-order valence-corrected chi connectivity index (χ2v) is 2.58. The molecule has 0 unspecified atom stereocenters. The molecule has 0 spiro atoms. The van der Waals surface area contributed by atoms with Crippen molar-refractivity contribution < 1.29 is 22.5 Å². The van der Waals surface area contributed by atoms with Crippen LogP contribution in [-0.2, 0) is 17.5 Å². The first kappa shape index (κ1) is 11.4. The van der Waals surface area contributed by atoms with Crippen LogP contribution in [0.3, 0.4) is 0 Å². The second-order valence-electron chi connectivity index (χ2n) is 2.58. The van der Waals surface area contributed by atoms with Crippen LogP contribution in [0.4, 0.5) is 13.2 Å². The van der Waals surface area contributed by atoms with Crippen molar-refractivity contribution in [2.75, 3.05) is 6.54 Å². The van der Waals surface area contributed by atoms with E-state index in [4.69, 9.17) is 5.73 Å². The number of nitrogens with one attached hydrogen (secondary N) is 1. The molecule has 0 bridgehead atoms. The third kappa shape index (κ3) is 3.54. The predicted molar refractivity (Wildman–Crippen MR) is 40.2 cm³/mol. The van der Waals surface area contributed by atoms with Gasteiger partial charge < -0.3 is 10.3 Å². The van der Waals surface area contributed by atoms with Crippen LogP contribution in [0.25, 0.3) is 0 Å². The normalized spacial score (nSPS) is 11.7. The quantitative estimate of drug-likeness (QED) is 0.729. The fraction of sp³-hybridized carbons (Fsp3) is 0.500. The van der Waals surface area contributed by atoms with Gasteiger partial charge in [0.05, 0.1) is 13.1 Å². The lowest BCUT2D eigenvalue weighted by Gasteiger charge is -1.97. The van der Waals surface area contributed by atoms with E-state index >= 15 is 0 Å². The summed E-state index contributed by atoms with van der Waals surface area (Å²) < 4.78 is 40.2. The number of alkyl halides is 3. The molecular formula is C6H7F3N4O2. The first-order valence-corrected chi connectivity index (χ1v) is 3.78. The van der Waals surface area contributed by atoms with Crippen molar-refractivity contribution >= 4 is 5.91 Å². The molecule has 0 radical (unpaired) electrons. The Morgan fingerprint density at radius 3 is 2.67 bits per heavy atom. The van der Waals surface area contributed by atoms with Gasteiger partial charge in [0, 0.05) is 0 Å². The smallest absolute Gasteiger partial charge is 0.369 e. The lowest BCUT2D eigenvalue weighted by atomic mass is 10.5. The zero-order valence-electron chi connectivity index (χ0n) is 7.34. The summed E-state index contributed by atoms with van der Waals surface area (Å²) in [6.07, 6.45) is -4.63. The van der Waals surface area contributed by atoms with Gasteiger partial charge in [-0.3, -0.25) is 10.1 Å². The molecule has 0 saturated carbocycles. The fourth-order valence-electron chi connectivity index (χ4n) is 0.734. The third-order valence-electron chi connectivity index (χ3n) is 1.30. The van der Waals surface area contributed by atoms with Crippen molar-refractivity contribution in [2.45, 2.75) is 12.7 Å². The van der Waals surface area contributed by atoms with Crippen LogP contribution in [0.1, 0.15) is 11.7 Å². The number of amides is 1. The van der Waals surface area contributed by atoms with E-state index in [9.17, 15) is 18.0 Å². The first-order chi connectivity index (χ1) is 6.89. The Bertz CT molecular complexity index is 348. The van der Waals surface area contributed by atoms with Gasteiger partial charge in [-0.05, 0) is 0 Å². The fourth-order valence-corrected chi connectivity index (χ4v) is 0.734. The Balaban J connectivity index is 2.50. The van der Waals surface area contributed by atoms with Gasteiger partial charge in [-0.2, -0.15) is 18.2 Å². The number of halogens is 3. The molecule has 15 heavy (non-hydrogen) atoms. The van der Waals surface area contributed by atoms with Gasteiger partial charge in [-0.15, -0.1) is 0 Å². The summed E-state index contributed by atoms with van der Waals surface area (Å²) in [4.78, 5) is 13.3. The Morgan fingerprint density at radius 2 is 2.20 bits per heavy atom. The Labute approximate surface area is 81.6 Å². The molecule has 1 amide bonds. The highest BCUT2D eigenvalue weighted by atomic mass is 19.4. The van der Waals surface area contributed by atoms with E-state index in [1.54, 1.807) is 0 Å². The largest absolute Gasteiger partial charge is 0.455 e. The maximum absolute atomic E-state index is 12.0. The van der Waals surface area contributed by atoms with Gasteiger partial charge in [0.15, 0.2) is 0 Å². The molecular weight excluding hydrogens is 217 g/mol. The van der Waals surface area contributed by atoms with E-state index in [2.05, 4.69) is 20.0 Å². The molecule has 1 heterocycles. The Morgan fingerprint density at radius 1 is 1.53 bits per heavy atom. The number of nitrogens with zero attached hydrogens (tertiary/aromatic N) is 2. The summed E-state index contributed by atoms with van der Waals surface area (Å²) in [5.74, 6) is -2.24. The molecule has 6 nitrogen and oxygen atoms in total. The summed E-state index contributed by atoms with van der Waals surface area (Å²) in [6.45, 7) is -0.324. The number of primary amides is 1. The predicted octanol–water partition coefficient (Wildman–Crippen LogP) is -0.337. The van der Waals surface area contributed by atoms with Crippen molar-refractivity contribution in [3.05, 3.63) is 11.7 Å². The first-order valence-electron chi connectivity index (χ1n) is 3.78. The number of rotatable bonds is 4. The minimum absolute atomic E-state index is 0.147. The van der Waals surface area contributed by atoms with E-state index < -0.39 is 17.9 Å². The zero-order chi connectivity index (χ0) is 11.5. The zero-order valence-corrected chi connectivity index (χ0v) is 7.34. The number of carbonyl (C=O) groups excluding carboxylic acids is 1. The van der Waals surface area contributed by atoms with Gasteiger partial charge in [-0.1, -0.05) is 5.16 Å². The Hall–Kier alpha value is -1.64. The molecule has 1 aromatic heterocycles.